The third-order valence-corrected chi connectivity index (χ3v) is 5.86. The molecule has 2 aliphatic rings. The largest absolute Gasteiger partial charge is 0.373 e. The summed E-state index contributed by atoms with van der Waals surface area (Å²) < 4.78 is 32.3. The second kappa shape index (κ2) is 9.70. The molecule has 1 N–H and O–H groups in total. The number of carbonyl (C=O) groups excluding carboxylic acids is 1. The molecule has 1 aliphatic carbocycles. The predicted octanol–water partition coefficient (Wildman–Crippen LogP) is 3.91. The maximum absolute atomic E-state index is 13.3. The molecule has 2 aromatic carbocycles. The monoisotopic (exact) mass is 445 g/mol. The normalized spacial score (nSPS) is 18.5. The van der Waals surface area contributed by atoms with Crippen molar-refractivity contribution in [1.82, 2.24) is 9.80 Å². The second-order valence-electron chi connectivity index (χ2n) is 8.04. The van der Waals surface area contributed by atoms with Crippen molar-refractivity contribution in [3.8, 4) is 0 Å². The number of morpholine rings is 1. The average molecular weight is 446 g/mol. The number of nitrogens with zero attached hydrogens (tertiary/aromatic N) is 2. The van der Waals surface area contributed by atoms with E-state index in [-0.39, 0.29) is 23.6 Å². The van der Waals surface area contributed by atoms with Gasteiger partial charge in [0.2, 0.25) is 0 Å². The van der Waals surface area contributed by atoms with Gasteiger partial charge >= 0.3 is 0 Å². The number of hydrogen-bond acceptors (Lipinski definition) is 3. The summed E-state index contributed by atoms with van der Waals surface area (Å²) in [4.78, 5) is 16.9. The second-order valence-corrected chi connectivity index (χ2v) is 8.42. The minimum atomic E-state index is -0.362. The molecule has 1 saturated heterocycles. The molecule has 1 atom stereocenters. The van der Waals surface area contributed by atoms with Crippen LogP contribution in [0, 0.1) is 17.6 Å². The van der Waals surface area contributed by atoms with Gasteiger partial charge in [0, 0.05) is 37.4 Å². The number of rotatable bonds is 6. The van der Waals surface area contributed by atoms with E-state index in [9.17, 15) is 13.6 Å². The van der Waals surface area contributed by atoms with E-state index in [1.807, 2.05) is 9.80 Å². The van der Waals surface area contributed by atoms with Crippen LogP contribution in [0.4, 0.5) is 14.5 Å². The zero-order chi connectivity index (χ0) is 21.8. The summed E-state index contributed by atoms with van der Waals surface area (Å²) in [5.41, 5.74) is 1.19. The summed E-state index contributed by atoms with van der Waals surface area (Å²) in [5.74, 6) is -0.256. The molecule has 164 valence electrons. The molecule has 2 aromatic rings. The lowest BCUT2D eigenvalue weighted by atomic mass is 10.1. The third kappa shape index (κ3) is 5.98. The molecule has 1 unspecified atom stereocenters. The molecule has 1 aliphatic heterocycles. The standard InChI is InChI=1S/C23H25F2N3O2S/c24-18-5-3-17(4-6-18)22(29)28(13-16-1-2-16)15-21-14-27(11-12-30-21)23(31)26-20-9-7-19(25)8-10-20/h3-10,16,21H,1-2,11-15H2,(H,26,31). The fraction of sp³-hybridized carbons (Fsp3) is 0.391. The summed E-state index contributed by atoms with van der Waals surface area (Å²) in [6.45, 7) is 2.80. The number of nitrogens with one attached hydrogen (secondary N) is 1. The van der Waals surface area contributed by atoms with Gasteiger partial charge in [-0.3, -0.25) is 4.79 Å². The Bertz CT molecular complexity index is 919. The maximum Gasteiger partial charge on any atom is 0.253 e. The lowest BCUT2D eigenvalue weighted by Gasteiger charge is -2.37. The molecular weight excluding hydrogens is 420 g/mol. The van der Waals surface area contributed by atoms with Gasteiger partial charge in [0.05, 0.1) is 12.7 Å². The van der Waals surface area contributed by atoms with Crippen molar-refractivity contribution in [2.24, 2.45) is 5.92 Å². The molecule has 4 rings (SSSR count). The Hall–Kier alpha value is -2.58. The predicted molar refractivity (Wildman–Crippen MR) is 119 cm³/mol. The number of thiocarbonyl (C=S) groups is 1. The van der Waals surface area contributed by atoms with Crippen molar-refractivity contribution in [1.29, 1.82) is 0 Å². The molecule has 0 radical (unpaired) electrons. The first-order valence-corrected chi connectivity index (χ1v) is 10.9. The highest BCUT2D eigenvalue weighted by Crippen LogP contribution is 2.30. The van der Waals surface area contributed by atoms with Crippen LogP contribution in [0.5, 0.6) is 0 Å². The summed E-state index contributed by atoms with van der Waals surface area (Å²) >= 11 is 5.53. The summed E-state index contributed by atoms with van der Waals surface area (Å²) in [6, 6.07) is 11.7. The number of ether oxygens (including phenoxy) is 1. The highest BCUT2D eigenvalue weighted by Gasteiger charge is 2.31. The molecule has 0 aromatic heterocycles. The van der Waals surface area contributed by atoms with Crippen LogP contribution in [0.1, 0.15) is 23.2 Å². The van der Waals surface area contributed by atoms with Gasteiger partial charge in [0.15, 0.2) is 5.11 Å². The fourth-order valence-corrected chi connectivity index (χ4v) is 3.91. The van der Waals surface area contributed by atoms with Crippen LogP contribution < -0.4 is 5.32 Å². The van der Waals surface area contributed by atoms with E-state index in [2.05, 4.69) is 5.32 Å². The van der Waals surface area contributed by atoms with Crippen molar-refractivity contribution in [2.75, 3.05) is 38.1 Å². The van der Waals surface area contributed by atoms with E-state index in [0.717, 1.165) is 18.5 Å². The number of hydrogen-bond donors (Lipinski definition) is 1. The molecule has 1 amide bonds. The van der Waals surface area contributed by atoms with Gasteiger partial charge in [-0.15, -0.1) is 0 Å². The zero-order valence-electron chi connectivity index (χ0n) is 17.1. The van der Waals surface area contributed by atoms with Gasteiger partial charge in [-0.2, -0.15) is 0 Å². The molecular formula is C23H25F2N3O2S. The average Bonchev–Trinajstić information content (AvgIpc) is 3.59. The van der Waals surface area contributed by atoms with Crippen LogP contribution in [-0.2, 0) is 4.74 Å². The van der Waals surface area contributed by atoms with Crippen LogP contribution in [-0.4, -0.2) is 59.7 Å². The Kier molecular flexibility index (Phi) is 6.77. The lowest BCUT2D eigenvalue weighted by Crippen LogP contribution is -2.51. The van der Waals surface area contributed by atoms with E-state index in [0.29, 0.717) is 49.4 Å². The number of halogens is 2. The number of carbonyl (C=O) groups is 1. The minimum Gasteiger partial charge on any atom is -0.373 e. The van der Waals surface area contributed by atoms with Crippen LogP contribution in [0.2, 0.25) is 0 Å². The smallest absolute Gasteiger partial charge is 0.253 e. The Morgan fingerprint density at radius 3 is 2.35 bits per heavy atom. The highest BCUT2D eigenvalue weighted by molar-refractivity contribution is 7.80. The quantitative estimate of drug-likeness (QED) is 0.683. The molecule has 8 heteroatoms. The lowest BCUT2D eigenvalue weighted by molar-refractivity contribution is -0.0209. The molecule has 31 heavy (non-hydrogen) atoms. The molecule has 0 bridgehead atoms. The van der Waals surface area contributed by atoms with Crippen LogP contribution in [0.25, 0.3) is 0 Å². The topological polar surface area (TPSA) is 44.8 Å². The first-order valence-electron chi connectivity index (χ1n) is 10.5. The van der Waals surface area contributed by atoms with Crippen LogP contribution in [0.15, 0.2) is 48.5 Å². The third-order valence-electron chi connectivity index (χ3n) is 5.50. The van der Waals surface area contributed by atoms with Crippen molar-refractivity contribution >= 4 is 28.9 Å². The van der Waals surface area contributed by atoms with Crippen molar-refractivity contribution in [2.45, 2.75) is 18.9 Å². The van der Waals surface area contributed by atoms with Gasteiger partial charge in [0.25, 0.3) is 5.91 Å². The Labute approximate surface area is 186 Å². The summed E-state index contributed by atoms with van der Waals surface area (Å²) in [7, 11) is 0. The van der Waals surface area contributed by atoms with Gasteiger partial charge < -0.3 is 19.9 Å². The SMILES string of the molecule is O=C(c1ccc(F)cc1)N(CC1CC1)CC1CN(C(=S)Nc2ccc(F)cc2)CCO1. The minimum absolute atomic E-state index is 0.111. The highest BCUT2D eigenvalue weighted by atomic mass is 32.1. The molecule has 1 heterocycles. The van der Waals surface area contributed by atoms with Crippen molar-refractivity contribution in [3.05, 3.63) is 65.7 Å². The number of benzene rings is 2. The van der Waals surface area contributed by atoms with E-state index >= 15 is 0 Å². The van der Waals surface area contributed by atoms with E-state index in [1.54, 1.807) is 12.1 Å². The number of anilines is 1. The first kappa shape index (κ1) is 21.6. The van der Waals surface area contributed by atoms with E-state index < -0.39 is 0 Å². The van der Waals surface area contributed by atoms with E-state index in [4.69, 9.17) is 17.0 Å². The number of amides is 1. The Morgan fingerprint density at radius 2 is 1.71 bits per heavy atom. The molecule has 0 spiro atoms. The summed E-state index contributed by atoms with van der Waals surface area (Å²) in [6.07, 6.45) is 2.05. The van der Waals surface area contributed by atoms with Gasteiger partial charge in [-0.05, 0) is 79.5 Å². The maximum atomic E-state index is 13.3. The zero-order valence-corrected chi connectivity index (χ0v) is 17.9. The van der Waals surface area contributed by atoms with Gasteiger partial charge in [-0.1, -0.05) is 0 Å². The van der Waals surface area contributed by atoms with Crippen LogP contribution >= 0.6 is 12.2 Å². The molecule has 1 saturated carbocycles. The summed E-state index contributed by atoms with van der Waals surface area (Å²) in [5, 5.41) is 3.67. The van der Waals surface area contributed by atoms with Crippen LogP contribution in [0.3, 0.4) is 0 Å². The van der Waals surface area contributed by atoms with Gasteiger partial charge in [-0.25, -0.2) is 8.78 Å². The van der Waals surface area contributed by atoms with Gasteiger partial charge in [0.1, 0.15) is 11.6 Å². The molecule has 2 fully saturated rings. The first-order chi connectivity index (χ1) is 15.0. The van der Waals surface area contributed by atoms with Crippen molar-refractivity contribution in [3.63, 3.8) is 0 Å². The Balaban J connectivity index is 1.38. The van der Waals surface area contributed by atoms with E-state index in [1.165, 1.54) is 36.4 Å². The fourth-order valence-electron chi connectivity index (χ4n) is 3.62. The molecule has 5 nitrogen and oxygen atoms in total. The van der Waals surface area contributed by atoms with Crippen molar-refractivity contribution < 1.29 is 18.3 Å². The Morgan fingerprint density at radius 1 is 1.06 bits per heavy atom.